The van der Waals surface area contributed by atoms with Crippen LogP contribution >= 0.6 is 11.3 Å². The fourth-order valence-corrected chi connectivity index (χ4v) is 2.27. The summed E-state index contributed by atoms with van der Waals surface area (Å²) in [6.07, 6.45) is 3.92. The van der Waals surface area contributed by atoms with Crippen LogP contribution < -0.4 is 0 Å². The molecule has 1 nitrogen and oxygen atoms in total. The van der Waals surface area contributed by atoms with Gasteiger partial charge in [0.2, 0.25) is 0 Å². The van der Waals surface area contributed by atoms with Crippen LogP contribution in [0.4, 0.5) is 0 Å². The second-order valence-corrected chi connectivity index (χ2v) is 5.22. The van der Waals surface area contributed by atoms with Crippen molar-refractivity contribution in [2.24, 2.45) is 0 Å². The maximum atomic E-state index is 4.26. The molecule has 2 heteroatoms. The van der Waals surface area contributed by atoms with E-state index < -0.39 is 0 Å². The van der Waals surface area contributed by atoms with Crippen LogP contribution in [0.1, 0.15) is 40.2 Å². The van der Waals surface area contributed by atoms with Gasteiger partial charge in [0.25, 0.3) is 0 Å². The van der Waals surface area contributed by atoms with Gasteiger partial charge in [-0.1, -0.05) is 34.6 Å². The van der Waals surface area contributed by atoms with Gasteiger partial charge in [0.05, 0.1) is 4.70 Å². The van der Waals surface area contributed by atoms with Gasteiger partial charge in [0, 0.05) is 12.4 Å². The smallest absolute Gasteiger partial charge is 0.0529 e. The van der Waals surface area contributed by atoms with Gasteiger partial charge in [-0.2, -0.15) is 0 Å². The molecule has 0 bridgehead atoms. The predicted molar refractivity (Wildman–Crippen MR) is 69.7 cm³/mol. The molecule has 2 aromatic rings. The summed E-state index contributed by atoms with van der Waals surface area (Å²) < 4.78 is 1.28. The Morgan fingerprint density at radius 3 is 2.40 bits per heavy atom. The molecule has 2 rings (SSSR count). The number of thiophene rings is 1. The average molecular weight is 221 g/mol. The van der Waals surface area contributed by atoms with Gasteiger partial charge in [-0.05, 0) is 27.8 Å². The fraction of sp³-hybridized carbons (Fsp3) is 0.462. The van der Waals surface area contributed by atoms with E-state index >= 15 is 0 Å². The molecule has 0 spiro atoms. The van der Waals surface area contributed by atoms with Crippen LogP contribution in [0.5, 0.6) is 0 Å². The minimum atomic E-state index is 0.188. The first-order valence-corrected chi connectivity index (χ1v) is 6.29. The highest BCUT2D eigenvalue weighted by Crippen LogP contribution is 2.31. The highest BCUT2D eigenvalue weighted by atomic mass is 32.1. The van der Waals surface area contributed by atoms with Crippen LogP contribution in [-0.2, 0) is 5.41 Å². The third-order valence-electron chi connectivity index (χ3n) is 2.19. The predicted octanol–water partition coefficient (Wildman–Crippen LogP) is 4.62. The lowest BCUT2D eigenvalue weighted by molar-refractivity contribution is 0.593. The summed E-state index contributed by atoms with van der Waals surface area (Å²) in [7, 11) is 0. The van der Waals surface area contributed by atoms with Crippen molar-refractivity contribution in [3.63, 3.8) is 0 Å². The van der Waals surface area contributed by atoms with E-state index in [-0.39, 0.29) is 5.41 Å². The van der Waals surface area contributed by atoms with Crippen molar-refractivity contribution < 1.29 is 0 Å². The summed E-state index contributed by atoms with van der Waals surface area (Å²) in [5, 5.41) is 3.48. The molecule has 0 N–H and O–H groups in total. The minimum absolute atomic E-state index is 0.188. The second-order valence-electron chi connectivity index (χ2n) is 4.27. The molecule has 0 saturated carbocycles. The number of fused-ring (bicyclic) bond motifs is 1. The summed E-state index contributed by atoms with van der Waals surface area (Å²) in [5.74, 6) is 0. The Morgan fingerprint density at radius 2 is 1.80 bits per heavy atom. The van der Waals surface area contributed by atoms with E-state index in [1.165, 1.54) is 15.6 Å². The summed E-state index contributed by atoms with van der Waals surface area (Å²) in [6, 6.07) is 2.18. The normalized spacial score (nSPS) is 11.0. The van der Waals surface area contributed by atoms with Crippen LogP contribution in [0.25, 0.3) is 10.1 Å². The Kier molecular flexibility index (Phi) is 3.86. The largest absolute Gasteiger partial charge is 0.263 e. The maximum Gasteiger partial charge on any atom is 0.0529 e. The van der Waals surface area contributed by atoms with Crippen molar-refractivity contribution in [2.75, 3.05) is 0 Å². The van der Waals surface area contributed by atoms with E-state index in [1.807, 2.05) is 26.2 Å². The molecule has 0 aliphatic carbocycles. The van der Waals surface area contributed by atoms with Crippen molar-refractivity contribution in [2.45, 2.75) is 40.0 Å². The number of rotatable bonds is 0. The zero-order valence-electron chi connectivity index (χ0n) is 10.2. The lowest BCUT2D eigenvalue weighted by Crippen LogP contribution is -2.11. The molecular weight excluding hydrogens is 202 g/mol. The average Bonchev–Trinajstić information content (AvgIpc) is 2.66. The Morgan fingerprint density at radius 1 is 1.13 bits per heavy atom. The molecule has 0 unspecified atom stereocenters. The molecule has 82 valence electrons. The van der Waals surface area contributed by atoms with Gasteiger partial charge in [-0.3, -0.25) is 4.98 Å². The zero-order valence-corrected chi connectivity index (χ0v) is 11.0. The van der Waals surface area contributed by atoms with Crippen molar-refractivity contribution in [3.05, 3.63) is 29.4 Å². The van der Waals surface area contributed by atoms with Crippen LogP contribution in [0, 0.1) is 0 Å². The van der Waals surface area contributed by atoms with Gasteiger partial charge >= 0.3 is 0 Å². The molecule has 0 aliphatic heterocycles. The first kappa shape index (κ1) is 12.2. The lowest BCUT2D eigenvalue weighted by atomic mass is 9.86. The Labute approximate surface area is 96.2 Å². The molecule has 0 amide bonds. The van der Waals surface area contributed by atoms with Crippen molar-refractivity contribution in [1.82, 2.24) is 4.98 Å². The highest BCUT2D eigenvalue weighted by Gasteiger charge is 2.17. The van der Waals surface area contributed by atoms with Gasteiger partial charge in [0.15, 0.2) is 0 Å². The van der Waals surface area contributed by atoms with E-state index in [9.17, 15) is 0 Å². The lowest BCUT2D eigenvalue weighted by Gasteiger charge is -2.19. The Balaban J connectivity index is 0.000000531. The summed E-state index contributed by atoms with van der Waals surface area (Å²) in [6.45, 7) is 10.7. The summed E-state index contributed by atoms with van der Waals surface area (Å²) in [4.78, 5) is 4.26. The third-order valence-corrected chi connectivity index (χ3v) is 3.04. The van der Waals surface area contributed by atoms with Gasteiger partial charge in [0.1, 0.15) is 0 Å². The number of hydrogen-bond acceptors (Lipinski definition) is 2. The van der Waals surface area contributed by atoms with E-state index in [4.69, 9.17) is 0 Å². The van der Waals surface area contributed by atoms with Crippen molar-refractivity contribution >= 4 is 21.4 Å². The first-order valence-electron chi connectivity index (χ1n) is 5.41. The number of nitrogens with zero attached hydrogens (tertiary/aromatic N) is 1. The standard InChI is InChI=1S/C11H13NS.C2H6/c1-11(2,3)9-6-12-7-10-8(9)4-5-13-10;1-2/h4-7H,1-3H3;1-2H3. The summed E-state index contributed by atoms with van der Waals surface area (Å²) >= 11 is 1.76. The van der Waals surface area contributed by atoms with Crippen LogP contribution in [-0.4, -0.2) is 4.98 Å². The van der Waals surface area contributed by atoms with Crippen LogP contribution in [0.2, 0.25) is 0 Å². The molecule has 2 heterocycles. The van der Waals surface area contributed by atoms with Crippen molar-refractivity contribution in [3.8, 4) is 0 Å². The molecule has 0 atom stereocenters. The fourth-order valence-electron chi connectivity index (χ4n) is 1.49. The molecule has 15 heavy (non-hydrogen) atoms. The summed E-state index contributed by atoms with van der Waals surface area (Å²) in [5.41, 5.74) is 1.53. The van der Waals surface area contributed by atoms with Crippen molar-refractivity contribution in [1.29, 1.82) is 0 Å². The van der Waals surface area contributed by atoms with Gasteiger partial charge in [-0.15, -0.1) is 11.3 Å². The Bertz CT molecular complexity index is 423. The molecule has 2 aromatic heterocycles. The molecular formula is C13H19NS. The van der Waals surface area contributed by atoms with E-state index in [0.29, 0.717) is 0 Å². The molecule has 0 aromatic carbocycles. The van der Waals surface area contributed by atoms with E-state index in [2.05, 4.69) is 37.2 Å². The SMILES string of the molecule is CC.CC(C)(C)c1cncc2sccc12. The third kappa shape index (κ3) is 2.57. The van der Waals surface area contributed by atoms with E-state index in [1.54, 1.807) is 11.3 Å². The van der Waals surface area contributed by atoms with Gasteiger partial charge < -0.3 is 0 Å². The number of hydrogen-bond donors (Lipinski definition) is 0. The quantitative estimate of drug-likeness (QED) is 0.632. The zero-order chi connectivity index (χ0) is 11.5. The maximum absolute atomic E-state index is 4.26. The van der Waals surface area contributed by atoms with E-state index in [0.717, 1.165) is 0 Å². The molecule has 0 saturated heterocycles. The second kappa shape index (κ2) is 4.75. The molecule has 0 radical (unpaired) electrons. The van der Waals surface area contributed by atoms with Gasteiger partial charge in [-0.25, -0.2) is 0 Å². The molecule has 0 fully saturated rings. The topological polar surface area (TPSA) is 12.9 Å². The number of pyridine rings is 1. The number of aromatic nitrogens is 1. The first-order chi connectivity index (χ1) is 7.09. The minimum Gasteiger partial charge on any atom is -0.263 e. The molecule has 0 aliphatic rings. The Hall–Kier alpha value is -0.890. The highest BCUT2D eigenvalue weighted by molar-refractivity contribution is 7.17. The monoisotopic (exact) mass is 221 g/mol. The van der Waals surface area contributed by atoms with Crippen LogP contribution in [0.3, 0.4) is 0 Å². The van der Waals surface area contributed by atoms with Crippen LogP contribution in [0.15, 0.2) is 23.8 Å².